The number of aliphatic hydroxyl groups is 2. The van der Waals surface area contributed by atoms with Gasteiger partial charge in [0.15, 0.2) is 0 Å². The summed E-state index contributed by atoms with van der Waals surface area (Å²) in [6.45, 7) is 1.09. The molecule has 0 atom stereocenters. The molecule has 0 unspecified atom stereocenters. The van der Waals surface area contributed by atoms with Crippen molar-refractivity contribution in [3.05, 3.63) is 0 Å². The van der Waals surface area contributed by atoms with Gasteiger partial charge >= 0.3 is 0 Å². The van der Waals surface area contributed by atoms with E-state index in [1.807, 2.05) is 11.9 Å². The predicted octanol–water partition coefficient (Wildman–Crippen LogP) is -0.923. The quantitative estimate of drug-likeness (QED) is 0.512. The molecule has 1 fully saturated rings. The molecule has 0 aromatic carbocycles. The van der Waals surface area contributed by atoms with Crippen LogP contribution in [0.2, 0.25) is 0 Å². The van der Waals surface area contributed by atoms with Crippen LogP contribution in [0.1, 0.15) is 0 Å². The topological polar surface area (TPSA) is 43.7 Å². The van der Waals surface area contributed by atoms with Crippen LogP contribution >= 0.6 is 12.4 Å². The Morgan fingerprint density at radius 3 is 2.11 bits per heavy atom. The average Bonchev–Trinajstić information content (AvgIpc) is 1.63. The third-order valence-corrected chi connectivity index (χ3v) is 1.42. The lowest BCUT2D eigenvalue weighted by Crippen LogP contribution is -2.62. The van der Waals surface area contributed by atoms with E-state index in [9.17, 15) is 0 Å². The van der Waals surface area contributed by atoms with Crippen molar-refractivity contribution in [2.45, 2.75) is 5.60 Å². The fourth-order valence-corrected chi connectivity index (χ4v) is 1.06. The van der Waals surface area contributed by atoms with E-state index < -0.39 is 5.60 Å². The number of rotatable bonds is 1. The van der Waals surface area contributed by atoms with Crippen molar-refractivity contribution in [1.82, 2.24) is 4.90 Å². The monoisotopic (exact) mass is 153 g/mol. The number of hydrogen-bond acceptors (Lipinski definition) is 3. The number of β-amino-alcohol motifs (C(OH)–C–C–N with tert-alkyl or cyclic N) is 1. The second-order valence-corrected chi connectivity index (χ2v) is 2.55. The predicted molar refractivity (Wildman–Crippen MR) is 36.8 cm³/mol. The lowest BCUT2D eigenvalue weighted by molar-refractivity contribution is -0.115. The first-order valence-corrected chi connectivity index (χ1v) is 2.68. The Hall–Kier alpha value is 0.170. The molecule has 0 aliphatic carbocycles. The number of aliphatic hydroxyl groups excluding tert-OH is 1. The van der Waals surface area contributed by atoms with Crippen molar-refractivity contribution < 1.29 is 10.2 Å². The normalized spacial score (nSPS) is 24.3. The highest BCUT2D eigenvalue weighted by Crippen LogP contribution is 2.16. The summed E-state index contributed by atoms with van der Waals surface area (Å²) in [6, 6.07) is 0. The summed E-state index contributed by atoms with van der Waals surface area (Å²) >= 11 is 0. The van der Waals surface area contributed by atoms with Gasteiger partial charge in [-0.3, -0.25) is 0 Å². The lowest BCUT2D eigenvalue weighted by atomic mass is 9.97. The van der Waals surface area contributed by atoms with Gasteiger partial charge in [0, 0.05) is 13.1 Å². The molecular formula is C5H12ClNO2. The van der Waals surface area contributed by atoms with Gasteiger partial charge in [-0.25, -0.2) is 0 Å². The molecule has 0 saturated carbocycles. The molecule has 0 bridgehead atoms. The summed E-state index contributed by atoms with van der Waals surface area (Å²) in [4.78, 5) is 1.95. The van der Waals surface area contributed by atoms with Crippen molar-refractivity contribution in [2.75, 3.05) is 26.7 Å². The fraction of sp³-hybridized carbons (Fsp3) is 1.00. The van der Waals surface area contributed by atoms with Gasteiger partial charge in [-0.2, -0.15) is 0 Å². The van der Waals surface area contributed by atoms with Crippen LogP contribution in [0.3, 0.4) is 0 Å². The van der Waals surface area contributed by atoms with Crippen molar-refractivity contribution in [2.24, 2.45) is 0 Å². The first-order chi connectivity index (χ1) is 3.66. The molecule has 3 nitrogen and oxygen atoms in total. The Balaban J connectivity index is 0.000000640. The summed E-state index contributed by atoms with van der Waals surface area (Å²) in [7, 11) is 1.91. The summed E-state index contributed by atoms with van der Waals surface area (Å²) in [6.07, 6.45) is 0. The van der Waals surface area contributed by atoms with E-state index in [0.29, 0.717) is 13.1 Å². The molecule has 9 heavy (non-hydrogen) atoms. The van der Waals surface area contributed by atoms with Crippen molar-refractivity contribution in [3.63, 3.8) is 0 Å². The van der Waals surface area contributed by atoms with Gasteiger partial charge in [0.05, 0.1) is 6.61 Å². The zero-order valence-corrected chi connectivity index (χ0v) is 6.19. The highest BCUT2D eigenvalue weighted by Gasteiger charge is 2.37. The SMILES string of the molecule is CN1CC(O)(CO)C1.Cl. The van der Waals surface area contributed by atoms with Gasteiger partial charge in [0.25, 0.3) is 0 Å². The zero-order chi connectivity index (χ0) is 6.20. The van der Waals surface area contributed by atoms with Crippen LogP contribution in [-0.4, -0.2) is 47.5 Å². The van der Waals surface area contributed by atoms with Crippen LogP contribution in [0.5, 0.6) is 0 Å². The van der Waals surface area contributed by atoms with Crippen LogP contribution in [0.15, 0.2) is 0 Å². The van der Waals surface area contributed by atoms with Gasteiger partial charge in [0.1, 0.15) is 5.60 Å². The minimum atomic E-state index is -0.783. The summed E-state index contributed by atoms with van der Waals surface area (Å²) in [5.74, 6) is 0. The number of nitrogens with zero attached hydrogens (tertiary/aromatic N) is 1. The van der Waals surface area contributed by atoms with Crippen LogP contribution in [0, 0.1) is 0 Å². The van der Waals surface area contributed by atoms with Gasteiger partial charge in [0.2, 0.25) is 0 Å². The third-order valence-electron chi connectivity index (χ3n) is 1.42. The second-order valence-electron chi connectivity index (χ2n) is 2.55. The molecule has 0 amide bonds. The van der Waals surface area contributed by atoms with Crippen LogP contribution in [0.4, 0.5) is 0 Å². The van der Waals surface area contributed by atoms with E-state index in [4.69, 9.17) is 10.2 Å². The first-order valence-electron chi connectivity index (χ1n) is 2.68. The average molecular weight is 154 g/mol. The molecule has 1 aliphatic heterocycles. The number of hydrogen-bond donors (Lipinski definition) is 2. The van der Waals surface area contributed by atoms with Crippen molar-refractivity contribution in [3.8, 4) is 0 Å². The molecule has 1 aliphatic rings. The van der Waals surface area contributed by atoms with Gasteiger partial charge in [-0.15, -0.1) is 12.4 Å². The van der Waals surface area contributed by atoms with E-state index in [1.54, 1.807) is 0 Å². The maximum absolute atomic E-state index is 9.10. The molecule has 4 heteroatoms. The molecular weight excluding hydrogens is 142 g/mol. The minimum Gasteiger partial charge on any atom is -0.393 e. The Labute approximate surface area is 60.7 Å². The van der Waals surface area contributed by atoms with E-state index in [1.165, 1.54) is 0 Å². The Bertz CT molecular complexity index is 93.0. The molecule has 1 saturated heterocycles. The van der Waals surface area contributed by atoms with Crippen molar-refractivity contribution in [1.29, 1.82) is 0 Å². The van der Waals surface area contributed by atoms with Crippen molar-refractivity contribution >= 4 is 12.4 Å². The van der Waals surface area contributed by atoms with Crippen LogP contribution in [0.25, 0.3) is 0 Å². The fourth-order valence-electron chi connectivity index (χ4n) is 1.06. The molecule has 56 valence electrons. The van der Waals surface area contributed by atoms with Gasteiger partial charge in [-0.05, 0) is 7.05 Å². The Morgan fingerprint density at radius 1 is 1.56 bits per heavy atom. The molecule has 0 radical (unpaired) electrons. The molecule has 1 heterocycles. The van der Waals surface area contributed by atoms with E-state index in [-0.39, 0.29) is 19.0 Å². The standard InChI is InChI=1S/C5H11NO2.ClH/c1-6-2-5(8,3-6)4-7;/h7-8H,2-4H2,1H3;1H. The van der Waals surface area contributed by atoms with Gasteiger partial charge < -0.3 is 15.1 Å². The van der Waals surface area contributed by atoms with E-state index in [2.05, 4.69) is 0 Å². The zero-order valence-electron chi connectivity index (χ0n) is 5.37. The summed E-state index contributed by atoms with van der Waals surface area (Å²) in [5, 5.41) is 17.6. The maximum atomic E-state index is 9.10. The molecule has 0 aromatic rings. The Kier molecular flexibility index (Phi) is 2.89. The highest BCUT2D eigenvalue weighted by atomic mass is 35.5. The maximum Gasteiger partial charge on any atom is 0.113 e. The minimum absolute atomic E-state index is 0. The van der Waals surface area contributed by atoms with Crippen LogP contribution < -0.4 is 0 Å². The smallest absolute Gasteiger partial charge is 0.113 e. The van der Waals surface area contributed by atoms with E-state index in [0.717, 1.165) is 0 Å². The summed E-state index contributed by atoms with van der Waals surface area (Å²) < 4.78 is 0. The lowest BCUT2D eigenvalue weighted by Gasteiger charge is -2.43. The largest absolute Gasteiger partial charge is 0.393 e. The van der Waals surface area contributed by atoms with Gasteiger partial charge in [-0.1, -0.05) is 0 Å². The number of likely N-dealkylation sites (N-methyl/N-ethyl adjacent to an activating group) is 1. The Morgan fingerprint density at radius 2 is 2.00 bits per heavy atom. The van der Waals surface area contributed by atoms with Crippen LogP contribution in [-0.2, 0) is 0 Å². The second kappa shape index (κ2) is 2.84. The number of likely N-dealkylation sites (tertiary alicyclic amines) is 1. The first kappa shape index (κ1) is 9.17. The van der Waals surface area contributed by atoms with E-state index >= 15 is 0 Å². The molecule has 2 N–H and O–H groups in total. The third kappa shape index (κ3) is 1.79. The summed E-state index contributed by atoms with van der Waals surface area (Å²) in [5.41, 5.74) is -0.783. The molecule has 0 spiro atoms. The molecule has 1 rings (SSSR count). The highest BCUT2D eigenvalue weighted by molar-refractivity contribution is 5.85. The molecule has 0 aromatic heterocycles. The number of halogens is 1.